The van der Waals surface area contributed by atoms with Crippen LogP contribution in [0.25, 0.3) is 0 Å². The average Bonchev–Trinajstić information content (AvgIpc) is 2.56. The first-order chi connectivity index (χ1) is 11.1. The Hall–Kier alpha value is -1.51. The number of guanidine groups is 1. The largest absolute Gasteiger partial charge is 0.496 e. The molecule has 6 nitrogen and oxygen atoms in total. The van der Waals surface area contributed by atoms with Gasteiger partial charge in [0.25, 0.3) is 0 Å². The summed E-state index contributed by atoms with van der Waals surface area (Å²) < 4.78 is 5.33. The number of aliphatic imine (C=N–C) groups is 1. The van der Waals surface area contributed by atoms with E-state index in [4.69, 9.17) is 4.74 Å². The Balaban J connectivity index is 0.00000529. The van der Waals surface area contributed by atoms with Crippen LogP contribution in [0.4, 0.5) is 0 Å². The number of carbonyl (C=O) groups is 1. The minimum absolute atomic E-state index is 0. The number of amides is 1. The van der Waals surface area contributed by atoms with Crippen LogP contribution in [0.2, 0.25) is 0 Å². The van der Waals surface area contributed by atoms with Gasteiger partial charge in [-0.3, -0.25) is 4.79 Å². The molecule has 0 spiro atoms. The van der Waals surface area contributed by atoms with Gasteiger partial charge in [-0.15, -0.1) is 24.0 Å². The number of rotatable bonds is 8. The van der Waals surface area contributed by atoms with Crippen LogP contribution in [0.15, 0.2) is 29.3 Å². The Morgan fingerprint density at radius 3 is 2.58 bits per heavy atom. The van der Waals surface area contributed by atoms with Crippen LogP contribution >= 0.6 is 24.0 Å². The summed E-state index contributed by atoms with van der Waals surface area (Å²) in [5.74, 6) is 1.46. The van der Waals surface area contributed by atoms with Crippen molar-refractivity contribution in [3.8, 4) is 5.75 Å². The summed E-state index contributed by atoms with van der Waals surface area (Å²) in [4.78, 5) is 17.8. The smallest absolute Gasteiger partial charge is 0.241 e. The number of para-hydroxylation sites is 1. The number of nitrogens with zero attached hydrogens (tertiary/aromatic N) is 2. The third-order valence-electron chi connectivity index (χ3n) is 3.33. The van der Waals surface area contributed by atoms with E-state index in [9.17, 15) is 4.79 Å². The van der Waals surface area contributed by atoms with Crippen molar-refractivity contribution in [3.05, 3.63) is 29.8 Å². The van der Waals surface area contributed by atoms with Crippen molar-refractivity contribution < 1.29 is 9.53 Å². The number of nitrogens with one attached hydrogen (secondary N) is 2. The van der Waals surface area contributed by atoms with Crippen LogP contribution in [-0.2, 0) is 11.3 Å². The lowest BCUT2D eigenvalue weighted by atomic mass is 10.2. The fraction of sp³-hybridized carbons (Fsp3) is 0.529. The highest BCUT2D eigenvalue weighted by Crippen LogP contribution is 2.17. The van der Waals surface area contributed by atoms with Crippen LogP contribution in [0.1, 0.15) is 25.3 Å². The van der Waals surface area contributed by atoms with E-state index in [0.717, 1.165) is 30.7 Å². The van der Waals surface area contributed by atoms with Gasteiger partial charge < -0.3 is 20.3 Å². The van der Waals surface area contributed by atoms with Gasteiger partial charge in [0.1, 0.15) is 5.75 Å². The van der Waals surface area contributed by atoms with Crippen molar-refractivity contribution in [2.45, 2.75) is 26.3 Å². The average molecular weight is 448 g/mol. The Morgan fingerprint density at radius 2 is 1.96 bits per heavy atom. The minimum Gasteiger partial charge on any atom is -0.496 e. The second kappa shape index (κ2) is 12.9. The summed E-state index contributed by atoms with van der Waals surface area (Å²) >= 11 is 0. The van der Waals surface area contributed by atoms with Crippen molar-refractivity contribution in [1.82, 2.24) is 15.5 Å². The number of benzene rings is 1. The van der Waals surface area contributed by atoms with E-state index >= 15 is 0 Å². The molecule has 0 aliphatic heterocycles. The summed E-state index contributed by atoms with van der Waals surface area (Å²) in [5, 5.41) is 6.32. The molecule has 0 aliphatic carbocycles. The zero-order chi connectivity index (χ0) is 17.1. The summed E-state index contributed by atoms with van der Waals surface area (Å²) in [6.45, 7) is 3.67. The predicted molar refractivity (Wildman–Crippen MR) is 109 cm³/mol. The van der Waals surface area contributed by atoms with Gasteiger partial charge >= 0.3 is 0 Å². The minimum atomic E-state index is 0. The first-order valence-electron chi connectivity index (χ1n) is 7.92. The number of unbranched alkanes of at least 4 members (excludes halogenated alkanes) is 1. The lowest BCUT2D eigenvalue weighted by Crippen LogP contribution is -2.43. The number of likely N-dealkylation sites (N-methyl/N-ethyl adjacent to an activating group) is 1. The highest BCUT2D eigenvalue weighted by atomic mass is 127. The van der Waals surface area contributed by atoms with Gasteiger partial charge in [0.05, 0.1) is 20.2 Å². The molecule has 1 amide bonds. The fourth-order valence-electron chi connectivity index (χ4n) is 1.87. The zero-order valence-corrected chi connectivity index (χ0v) is 17.3. The second-order valence-electron chi connectivity index (χ2n) is 5.40. The summed E-state index contributed by atoms with van der Waals surface area (Å²) in [6, 6.07) is 7.79. The maximum Gasteiger partial charge on any atom is 0.241 e. The molecule has 24 heavy (non-hydrogen) atoms. The molecule has 1 aromatic carbocycles. The number of methoxy groups -OCH3 is 1. The van der Waals surface area contributed by atoms with E-state index in [2.05, 4.69) is 22.5 Å². The normalized spacial score (nSPS) is 10.6. The Kier molecular flexibility index (Phi) is 12.0. The van der Waals surface area contributed by atoms with E-state index in [-0.39, 0.29) is 36.4 Å². The number of hydrogen-bond donors (Lipinski definition) is 2. The summed E-state index contributed by atoms with van der Waals surface area (Å²) in [6.07, 6.45) is 2.15. The number of hydrogen-bond acceptors (Lipinski definition) is 3. The molecule has 1 aromatic rings. The van der Waals surface area contributed by atoms with Crippen LogP contribution < -0.4 is 15.4 Å². The standard InChI is InChI=1S/C17H28N4O2.HI/c1-5-6-11-18-17(20-13-16(22)21(2)3)19-12-14-9-7-8-10-15(14)23-4;/h7-10H,5-6,11-13H2,1-4H3,(H2,18,19,20);1H. The highest BCUT2D eigenvalue weighted by molar-refractivity contribution is 14.0. The molecule has 0 saturated heterocycles. The summed E-state index contributed by atoms with van der Waals surface area (Å²) in [5.41, 5.74) is 1.01. The maximum atomic E-state index is 11.7. The van der Waals surface area contributed by atoms with E-state index in [1.807, 2.05) is 24.3 Å². The third kappa shape index (κ3) is 8.37. The van der Waals surface area contributed by atoms with Crippen LogP contribution in [0, 0.1) is 0 Å². The molecule has 0 unspecified atom stereocenters. The monoisotopic (exact) mass is 448 g/mol. The molecule has 0 radical (unpaired) electrons. The van der Waals surface area contributed by atoms with Gasteiger partial charge in [-0.1, -0.05) is 31.5 Å². The van der Waals surface area contributed by atoms with Crippen LogP contribution in [-0.4, -0.2) is 51.1 Å². The first kappa shape index (κ1) is 22.5. The quantitative estimate of drug-likeness (QED) is 0.277. The fourth-order valence-corrected chi connectivity index (χ4v) is 1.87. The maximum absolute atomic E-state index is 11.7. The number of carbonyl (C=O) groups excluding carboxylic acids is 1. The van der Waals surface area contributed by atoms with Gasteiger partial charge in [0.15, 0.2) is 5.96 Å². The Labute approximate surface area is 162 Å². The first-order valence-corrected chi connectivity index (χ1v) is 7.92. The van der Waals surface area contributed by atoms with Crippen molar-refractivity contribution >= 4 is 35.8 Å². The molecule has 0 heterocycles. The van der Waals surface area contributed by atoms with Crippen LogP contribution in [0.3, 0.4) is 0 Å². The van der Waals surface area contributed by atoms with E-state index in [0.29, 0.717) is 12.5 Å². The summed E-state index contributed by atoms with van der Waals surface area (Å²) in [7, 11) is 5.12. The lowest BCUT2D eigenvalue weighted by molar-refractivity contribution is -0.127. The molecule has 2 N–H and O–H groups in total. The van der Waals surface area contributed by atoms with E-state index in [1.54, 1.807) is 26.1 Å². The third-order valence-corrected chi connectivity index (χ3v) is 3.33. The van der Waals surface area contributed by atoms with E-state index in [1.165, 1.54) is 0 Å². The molecule has 0 aliphatic rings. The number of halogens is 1. The molecule has 0 bridgehead atoms. The molecule has 7 heteroatoms. The van der Waals surface area contributed by atoms with Crippen molar-refractivity contribution in [1.29, 1.82) is 0 Å². The molecular weight excluding hydrogens is 419 g/mol. The van der Waals surface area contributed by atoms with Crippen LogP contribution in [0.5, 0.6) is 5.75 Å². The van der Waals surface area contributed by atoms with Gasteiger partial charge in [-0.25, -0.2) is 4.99 Å². The van der Waals surface area contributed by atoms with Crippen molar-refractivity contribution in [2.24, 2.45) is 4.99 Å². The Bertz CT molecular complexity index is 521. The van der Waals surface area contributed by atoms with Gasteiger partial charge in [-0.05, 0) is 12.5 Å². The highest BCUT2D eigenvalue weighted by Gasteiger charge is 2.06. The van der Waals surface area contributed by atoms with Gasteiger partial charge in [-0.2, -0.15) is 0 Å². The van der Waals surface area contributed by atoms with Gasteiger partial charge in [0.2, 0.25) is 5.91 Å². The molecule has 136 valence electrons. The van der Waals surface area contributed by atoms with Gasteiger partial charge in [0, 0.05) is 26.2 Å². The van der Waals surface area contributed by atoms with Crippen molar-refractivity contribution in [2.75, 3.05) is 34.3 Å². The molecule has 0 aromatic heterocycles. The second-order valence-corrected chi connectivity index (χ2v) is 5.40. The molecule has 0 atom stereocenters. The predicted octanol–water partition coefficient (Wildman–Crippen LogP) is 2.24. The number of ether oxygens (including phenoxy) is 1. The van der Waals surface area contributed by atoms with Crippen molar-refractivity contribution in [3.63, 3.8) is 0 Å². The Morgan fingerprint density at radius 1 is 1.25 bits per heavy atom. The molecular formula is C17H29IN4O2. The molecule has 1 rings (SSSR count). The molecule has 0 fully saturated rings. The SMILES string of the molecule is CCCCNC(=NCc1ccccc1OC)NCC(=O)N(C)C.I. The van der Waals surface area contributed by atoms with E-state index < -0.39 is 0 Å². The topological polar surface area (TPSA) is 66.0 Å². The zero-order valence-electron chi connectivity index (χ0n) is 15.0. The molecule has 0 saturated carbocycles. The lowest BCUT2D eigenvalue weighted by Gasteiger charge is -2.15.